The monoisotopic (exact) mass is 388 g/mol. The van der Waals surface area contributed by atoms with E-state index >= 15 is 0 Å². The number of nitrogens with one attached hydrogen (secondary N) is 2. The van der Waals surface area contributed by atoms with Crippen molar-refractivity contribution in [3.8, 4) is 0 Å². The van der Waals surface area contributed by atoms with E-state index in [4.69, 9.17) is 0 Å². The molecule has 8 heteroatoms. The highest BCUT2D eigenvalue weighted by Crippen LogP contribution is 2.23. The summed E-state index contributed by atoms with van der Waals surface area (Å²) < 4.78 is 50.9. The van der Waals surface area contributed by atoms with E-state index in [-0.39, 0.29) is 12.4 Å². The molecule has 1 aliphatic heterocycles. The molecule has 2 rings (SSSR count). The molecule has 0 saturated carbocycles. The first-order chi connectivity index (χ1) is 12.9. The fourth-order valence-electron chi connectivity index (χ4n) is 3.21. The van der Waals surface area contributed by atoms with Crippen LogP contribution >= 0.6 is 0 Å². The van der Waals surface area contributed by atoms with E-state index in [1.54, 1.807) is 18.2 Å². The molecule has 0 atom stereocenters. The molecule has 1 fully saturated rings. The van der Waals surface area contributed by atoms with Crippen LogP contribution in [0.5, 0.6) is 0 Å². The summed E-state index contributed by atoms with van der Waals surface area (Å²) in [6.45, 7) is 3.75. The van der Waals surface area contributed by atoms with Crippen molar-refractivity contribution in [2.45, 2.75) is 38.9 Å². The van der Waals surface area contributed by atoms with Gasteiger partial charge in [0.1, 0.15) is 5.82 Å². The maximum Gasteiger partial charge on any atom is 0.401 e. The number of piperidine rings is 1. The van der Waals surface area contributed by atoms with Crippen LogP contribution in [0.15, 0.2) is 29.3 Å². The van der Waals surface area contributed by atoms with Gasteiger partial charge in [-0.3, -0.25) is 4.90 Å². The van der Waals surface area contributed by atoms with Crippen LogP contribution in [0.1, 0.15) is 31.7 Å². The SMILES string of the molecule is CCNC(=NCc1ccccc1F)NCCC1CCN(CC(F)(F)F)CC1. The van der Waals surface area contributed by atoms with Gasteiger partial charge in [-0.1, -0.05) is 18.2 Å². The smallest absolute Gasteiger partial charge is 0.357 e. The van der Waals surface area contributed by atoms with E-state index in [1.165, 1.54) is 11.0 Å². The number of rotatable bonds is 7. The summed E-state index contributed by atoms with van der Waals surface area (Å²) in [6.07, 6.45) is -1.69. The number of aliphatic imine (C=N–C) groups is 1. The van der Waals surface area contributed by atoms with Crippen molar-refractivity contribution in [2.75, 3.05) is 32.7 Å². The van der Waals surface area contributed by atoms with Crippen molar-refractivity contribution in [2.24, 2.45) is 10.9 Å². The van der Waals surface area contributed by atoms with E-state index in [1.807, 2.05) is 6.92 Å². The Balaban J connectivity index is 1.73. The van der Waals surface area contributed by atoms with Gasteiger partial charge in [0.25, 0.3) is 0 Å². The van der Waals surface area contributed by atoms with Crippen molar-refractivity contribution in [3.63, 3.8) is 0 Å². The molecule has 1 aromatic rings. The quantitative estimate of drug-likeness (QED) is 0.426. The molecule has 0 unspecified atom stereocenters. The molecule has 1 heterocycles. The molecule has 0 radical (unpaired) electrons. The number of likely N-dealkylation sites (tertiary alicyclic amines) is 1. The summed E-state index contributed by atoms with van der Waals surface area (Å²) in [5, 5.41) is 6.36. The standard InChI is InChI=1S/C19H28F4N4/c1-2-24-18(26-13-16-5-3-4-6-17(16)20)25-10-7-15-8-11-27(12-9-15)14-19(21,22)23/h3-6,15H,2,7-14H2,1H3,(H2,24,25,26). The molecule has 0 spiro atoms. The van der Waals surface area contributed by atoms with Crippen LogP contribution in [0.2, 0.25) is 0 Å². The second-order valence-corrected chi connectivity index (χ2v) is 6.84. The minimum Gasteiger partial charge on any atom is -0.357 e. The molecule has 1 aromatic carbocycles. The van der Waals surface area contributed by atoms with Crippen LogP contribution in [-0.4, -0.2) is 49.8 Å². The minimum atomic E-state index is -4.12. The van der Waals surface area contributed by atoms with Crippen LogP contribution in [0.3, 0.4) is 0 Å². The Morgan fingerprint density at radius 2 is 1.89 bits per heavy atom. The van der Waals surface area contributed by atoms with Crippen molar-refractivity contribution >= 4 is 5.96 Å². The molecule has 0 amide bonds. The first-order valence-electron chi connectivity index (χ1n) is 9.42. The lowest BCUT2D eigenvalue weighted by Gasteiger charge is -2.32. The summed E-state index contributed by atoms with van der Waals surface area (Å²) in [5.74, 6) is 0.759. The summed E-state index contributed by atoms with van der Waals surface area (Å²) in [7, 11) is 0. The zero-order chi connectivity index (χ0) is 19.7. The second-order valence-electron chi connectivity index (χ2n) is 6.84. The van der Waals surface area contributed by atoms with Gasteiger partial charge in [-0.05, 0) is 51.3 Å². The molecule has 2 N–H and O–H groups in total. The molecular formula is C19H28F4N4. The Kier molecular flexibility index (Phi) is 8.34. The van der Waals surface area contributed by atoms with Gasteiger partial charge in [-0.2, -0.15) is 13.2 Å². The highest BCUT2D eigenvalue weighted by molar-refractivity contribution is 5.79. The van der Waals surface area contributed by atoms with Crippen LogP contribution in [0.25, 0.3) is 0 Å². The van der Waals surface area contributed by atoms with Crippen molar-refractivity contribution < 1.29 is 17.6 Å². The largest absolute Gasteiger partial charge is 0.401 e. The van der Waals surface area contributed by atoms with Crippen LogP contribution in [0, 0.1) is 11.7 Å². The maximum absolute atomic E-state index is 13.7. The van der Waals surface area contributed by atoms with Gasteiger partial charge in [0, 0.05) is 18.7 Å². The van der Waals surface area contributed by atoms with Crippen LogP contribution < -0.4 is 10.6 Å². The molecule has 0 bridgehead atoms. The lowest BCUT2D eigenvalue weighted by atomic mass is 9.93. The summed E-state index contributed by atoms with van der Waals surface area (Å²) in [6, 6.07) is 6.54. The lowest BCUT2D eigenvalue weighted by Crippen LogP contribution is -2.41. The zero-order valence-electron chi connectivity index (χ0n) is 15.7. The fourth-order valence-corrected chi connectivity index (χ4v) is 3.21. The van der Waals surface area contributed by atoms with Gasteiger partial charge in [0.15, 0.2) is 5.96 Å². The maximum atomic E-state index is 13.7. The number of hydrogen-bond acceptors (Lipinski definition) is 2. The third-order valence-electron chi connectivity index (χ3n) is 4.66. The molecule has 0 aromatic heterocycles. The van der Waals surface area contributed by atoms with E-state index < -0.39 is 12.7 Å². The van der Waals surface area contributed by atoms with E-state index in [0.717, 1.165) is 19.3 Å². The molecule has 1 aliphatic rings. The van der Waals surface area contributed by atoms with Gasteiger partial charge >= 0.3 is 6.18 Å². The molecular weight excluding hydrogens is 360 g/mol. The van der Waals surface area contributed by atoms with Gasteiger partial charge in [0.2, 0.25) is 0 Å². The van der Waals surface area contributed by atoms with E-state index in [9.17, 15) is 17.6 Å². The summed E-state index contributed by atoms with van der Waals surface area (Å²) in [5.41, 5.74) is 0.534. The third-order valence-corrected chi connectivity index (χ3v) is 4.66. The first-order valence-corrected chi connectivity index (χ1v) is 9.42. The Labute approximate surface area is 158 Å². The Morgan fingerprint density at radius 1 is 1.19 bits per heavy atom. The summed E-state index contributed by atoms with van der Waals surface area (Å²) in [4.78, 5) is 5.88. The predicted molar refractivity (Wildman–Crippen MR) is 99.1 cm³/mol. The number of alkyl halides is 3. The number of halogens is 4. The third kappa shape index (κ3) is 8.15. The van der Waals surface area contributed by atoms with Crippen molar-refractivity contribution in [1.82, 2.24) is 15.5 Å². The van der Waals surface area contributed by atoms with E-state index in [0.29, 0.717) is 43.6 Å². The van der Waals surface area contributed by atoms with Crippen molar-refractivity contribution in [3.05, 3.63) is 35.6 Å². The van der Waals surface area contributed by atoms with E-state index in [2.05, 4.69) is 15.6 Å². The number of guanidine groups is 1. The van der Waals surface area contributed by atoms with Crippen molar-refractivity contribution in [1.29, 1.82) is 0 Å². The van der Waals surface area contributed by atoms with Gasteiger partial charge < -0.3 is 10.6 Å². The normalized spacial score (nSPS) is 17.1. The Hall–Kier alpha value is -1.83. The number of benzene rings is 1. The first kappa shape index (κ1) is 21.5. The van der Waals surface area contributed by atoms with Gasteiger partial charge in [0.05, 0.1) is 13.1 Å². The van der Waals surface area contributed by atoms with Crippen LogP contribution in [-0.2, 0) is 6.54 Å². The number of hydrogen-bond donors (Lipinski definition) is 2. The zero-order valence-corrected chi connectivity index (χ0v) is 15.7. The summed E-state index contributed by atoms with van der Waals surface area (Å²) >= 11 is 0. The second kappa shape index (κ2) is 10.5. The molecule has 1 saturated heterocycles. The highest BCUT2D eigenvalue weighted by Gasteiger charge is 2.32. The average Bonchev–Trinajstić information content (AvgIpc) is 2.61. The predicted octanol–water partition coefficient (Wildman–Crippen LogP) is 3.55. The Morgan fingerprint density at radius 3 is 2.52 bits per heavy atom. The lowest BCUT2D eigenvalue weighted by molar-refractivity contribution is -0.148. The fraction of sp³-hybridized carbons (Fsp3) is 0.632. The molecule has 0 aliphatic carbocycles. The topological polar surface area (TPSA) is 39.7 Å². The minimum absolute atomic E-state index is 0.248. The number of nitrogens with zero attached hydrogens (tertiary/aromatic N) is 2. The van der Waals surface area contributed by atoms with Gasteiger partial charge in [-0.25, -0.2) is 9.38 Å². The van der Waals surface area contributed by atoms with Crippen LogP contribution in [0.4, 0.5) is 17.6 Å². The highest BCUT2D eigenvalue weighted by atomic mass is 19.4. The molecule has 152 valence electrons. The molecule has 27 heavy (non-hydrogen) atoms. The van der Waals surface area contributed by atoms with Gasteiger partial charge in [-0.15, -0.1) is 0 Å². The Bertz CT molecular complexity index is 596. The average molecular weight is 388 g/mol. The molecule has 4 nitrogen and oxygen atoms in total.